The molecule has 0 radical (unpaired) electrons. The van der Waals surface area contributed by atoms with E-state index in [1.54, 1.807) is 43.3 Å². The molecule has 1 atom stereocenters. The molecule has 0 saturated carbocycles. The van der Waals surface area contributed by atoms with E-state index in [-0.39, 0.29) is 28.1 Å². The Labute approximate surface area is 218 Å². The van der Waals surface area contributed by atoms with Gasteiger partial charge < -0.3 is 10.2 Å². The third-order valence-electron chi connectivity index (χ3n) is 5.41. The number of carbonyl (C=O) groups excluding carboxylic acids is 2. The van der Waals surface area contributed by atoms with E-state index in [2.05, 4.69) is 21.2 Å². The fourth-order valence-corrected chi connectivity index (χ4v) is 5.47. The molecule has 7 nitrogen and oxygen atoms in total. The normalized spacial score (nSPS) is 12.0. The number of halogens is 2. The number of carbonyl (C=O) groups is 2. The topological polar surface area (TPSA) is 86.8 Å². The summed E-state index contributed by atoms with van der Waals surface area (Å²) < 4.78 is 29.1. The molecule has 10 heteroatoms. The van der Waals surface area contributed by atoms with Crippen LogP contribution >= 0.6 is 27.5 Å². The Hall–Kier alpha value is -2.88. The van der Waals surface area contributed by atoms with E-state index in [1.165, 1.54) is 30.1 Å². The number of amides is 2. The maximum atomic E-state index is 13.6. The summed E-state index contributed by atoms with van der Waals surface area (Å²) in [5, 5.41) is 2.73. The molecule has 0 saturated heterocycles. The van der Waals surface area contributed by atoms with Gasteiger partial charge in [0.05, 0.1) is 15.6 Å². The fraction of sp³-hybridized carbons (Fsp3) is 0.200. The van der Waals surface area contributed by atoms with Crippen LogP contribution in [0.15, 0.2) is 88.2 Å². The first kappa shape index (κ1) is 26.7. The van der Waals surface area contributed by atoms with Crippen molar-refractivity contribution in [1.29, 1.82) is 0 Å². The van der Waals surface area contributed by atoms with E-state index >= 15 is 0 Å². The third kappa shape index (κ3) is 6.42. The van der Waals surface area contributed by atoms with E-state index in [1.807, 2.05) is 24.3 Å². The molecule has 0 spiro atoms. The van der Waals surface area contributed by atoms with Crippen molar-refractivity contribution >= 4 is 55.1 Å². The molecular formula is C25H25BrClN3O4S. The van der Waals surface area contributed by atoms with Crippen LogP contribution in [0.4, 0.5) is 5.69 Å². The smallest absolute Gasteiger partial charge is 0.264 e. The first-order valence-electron chi connectivity index (χ1n) is 10.7. The number of rotatable bonds is 9. The standard InChI is InChI=1S/C25H25BrClN3O4S/c1-18(25(32)28-2)29(16-19-12-14-20(26)15-13-19)24(31)17-30(23-11-7-6-10-22(23)27)35(33,34)21-8-4-3-5-9-21/h3-15,18H,16-17H2,1-2H3,(H,28,32)/t18-/m1/s1. The molecule has 3 aromatic carbocycles. The highest BCUT2D eigenvalue weighted by Crippen LogP contribution is 2.30. The van der Waals surface area contributed by atoms with Crippen molar-refractivity contribution in [2.45, 2.75) is 24.4 Å². The van der Waals surface area contributed by atoms with Gasteiger partial charge in [-0.3, -0.25) is 13.9 Å². The van der Waals surface area contributed by atoms with E-state index < -0.39 is 28.5 Å². The van der Waals surface area contributed by atoms with Gasteiger partial charge in [-0.2, -0.15) is 0 Å². The number of hydrogen-bond acceptors (Lipinski definition) is 4. The molecule has 0 fully saturated rings. The molecule has 2 amide bonds. The molecular weight excluding hydrogens is 554 g/mol. The van der Waals surface area contributed by atoms with Crippen LogP contribution in [0, 0.1) is 0 Å². The second kappa shape index (κ2) is 11.7. The first-order valence-corrected chi connectivity index (χ1v) is 13.3. The van der Waals surface area contributed by atoms with Crippen LogP contribution in [0.25, 0.3) is 0 Å². The van der Waals surface area contributed by atoms with Crippen molar-refractivity contribution in [3.8, 4) is 0 Å². The van der Waals surface area contributed by atoms with Crippen LogP contribution in [0.3, 0.4) is 0 Å². The van der Waals surface area contributed by atoms with Gasteiger partial charge in [-0.15, -0.1) is 0 Å². The number of nitrogens with one attached hydrogen (secondary N) is 1. The van der Waals surface area contributed by atoms with Gasteiger partial charge in [0.1, 0.15) is 12.6 Å². The highest BCUT2D eigenvalue weighted by Gasteiger charge is 2.33. The predicted octanol–water partition coefficient (Wildman–Crippen LogP) is 4.46. The monoisotopic (exact) mass is 577 g/mol. The summed E-state index contributed by atoms with van der Waals surface area (Å²) in [6, 6.07) is 20.7. The Morgan fingerprint density at radius 2 is 1.57 bits per heavy atom. The van der Waals surface area contributed by atoms with Gasteiger partial charge in [0.15, 0.2) is 0 Å². The molecule has 0 aromatic heterocycles. The lowest BCUT2D eigenvalue weighted by molar-refractivity contribution is -0.139. The van der Waals surface area contributed by atoms with Gasteiger partial charge in [-0.1, -0.05) is 70.0 Å². The summed E-state index contributed by atoms with van der Waals surface area (Å²) in [7, 11) is -2.66. The lowest BCUT2D eigenvalue weighted by Gasteiger charge is -2.32. The van der Waals surface area contributed by atoms with Crippen LogP contribution in [0.1, 0.15) is 12.5 Å². The van der Waals surface area contributed by atoms with Crippen molar-refractivity contribution in [2.24, 2.45) is 0 Å². The Morgan fingerprint density at radius 3 is 2.17 bits per heavy atom. The van der Waals surface area contributed by atoms with Crippen LogP contribution < -0.4 is 9.62 Å². The van der Waals surface area contributed by atoms with Gasteiger partial charge in [-0.05, 0) is 48.9 Å². The fourth-order valence-electron chi connectivity index (χ4n) is 3.47. The number of para-hydroxylation sites is 1. The lowest BCUT2D eigenvalue weighted by Crippen LogP contribution is -2.50. The molecule has 3 rings (SSSR count). The minimum absolute atomic E-state index is 0.0199. The van der Waals surface area contributed by atoms with E-state index in [0.29, 0.717) is 0 Å². The maximum Gasteiger partial charge on any atom is 0.264 e. The van der Waals surface area contributed by atoms with Gasteiger partial charge in [0.25, 0.3) is 10.0 Å². The molecule has 184 valence electrons. The molecule has 0 aliphatic rings. The molecule has 0 heterocycles. The average molecular weight is 579 g/mol. The minimum atomic E-state index is -4.14. The van der Waals surface area contributed by atoms with Crippen molar-refractivity contribution in [3.05, 3.63) is 93.9 Å². The van der Waals surface area contributed by atoms with Crippen molar-refractivity contribution in [1.82, 2.24) is 10.2 Å². The minimum Gasteiger partial charge on any atom is -0.357 e. The zero-order chi connectivity index (χ0) is 25.6. The van der Waals surface area contributed by atoms with Crippen LogP contribution in [0.5, 0.6) is 0 Å². The number of hydrogen-bond donors (Lipinski definition) is 1. The Kier molecular flexibility index (Phi) is 8.93. The molecule has 0 aliphatic heterocycles. The van der Waals surface area contributed by atoms with E-state index in [9.17, 15) is 18.0 Å². The second-order valence-corrected chi connectivity index (χ2v) is 10.9. The molecule has 0 unspecified atom stereocenters. The quantitative estimate of drug-likeness (QED) is 0.406. The zero-order valence-electron chi connectivity index (χ0n) is 19.2. The molecule has 0 aliphatic carbocycles. The van der Waals surface area contributed by atoms with Gasteiger partial charge in [0.2, 0.25) is 11.8 Å². The molecule has 3 aromatic rings. The number of nitrogens with zero attached hydrogens (tertiary/aromatic N) is 2. The van der Waals surface area contributed by atoms with Crippen LogP contribution in [0.2, 0.25) is 5.02 Å². The van der Waals surface area contributed by atoms with Gasteiger partial charge in [0, 0.05) is 18.1 Å². The van der Waals surface area contributed by atoms with Crippen LogP contribution in [-0.2, 0) is 26.2 Å². The summed E-state index contributed by atoms with van der Waals surface area (Å²) >= 11 is 9.74. The predicted molar refractivity (Wildman–Crippen MR) is 141 cm³/mol. The number of likely N-dealkylation sites (N-methyl/N-ethyl adjacent to an activating group) is 1. The van der Waals surface area contributed by atoms with E-state index in [0.717, 1.165) is 14.3 Å². The molecule has 0 bridgehead atoms. The summed E-state index contributed by atoms with van der Waals surface area (Å²) in [5.74, 6) is -0.922. The maximum absolute atomic E-state index is 13.6. The third-order valence-corrected chi connectivity index (χ3v) is 8.03. The Bertz CT molecular complexity index is 1290. The first-order chi connectivity index (χ1) is 16.6. The van der Waals surface area contributed by atoms with Crippen molar-refractivity contribution in [3.63, 3.8) is 0 Å². The summed E-state index contributed by atoms with van der Waals surface area (Å²) in [4.78, 5) is 27.5. The van der Waals surface area contributed by atoms with Gasteiger partial charge in [-0.25, -0.2) is 8.42 Å². The highest BCUT2D eigenvalue weighted by molar-refractivity contribution is 9.10. The zero-order valence-corrected chi connectivity index (χ0v) is 22.3. The summed E-state index contributed by atoms with van der Waals surface area (Å²) in [6.45, 7) is 1.17. The lowest BCUT2D eigenvalue weighted by atomic mass is 10.1. The SMILES string of the molecule is CNC(=O)[C@@H](C)N(Cc1ccc(Br)cc1)C(=O)CN(c1ccccc1Cl)S(=O)(=O)c1ccccc1. The molecule has 1 N–H and O–H groups in total. The average Bonchev–Trinajstić information content (AvgIpc) is 2.86. The van der Waals surface area contributed by atoms with E-state index in [4.69, 9.17) is 11.6 Å². The summed E-state index contributed by atoms with van der Waals surface area (Å²) in [6.07, 6.45) is 0. The number of sulfonamides is 1. The largest absolute Gasteiger partial charge is 0.357 e. The Morgan fingerprint density at radius 1 is 0.971 bits per heavy atom. The number of anilines is 1. The van der Waals surface area contributed by atoms with Gasteiger partial charge >= 0.3 is 0 Å². The summed E-state index contributed by atoms with van der Waals surface area (Å²) in [5.41, 5.74) is 0.954. The molecule has 35 heavy (non-hydrogen) atoms. The van der Waals surface area contributed by atoms with Crippen molar-refractivity contribution < 1.29 is 18.0 Å². The number of benzene rings is 3. The second-order valence-electron chi connectivity index (χ2n) is 7.71. The highest BCUT2D eigenvalue weighted by atomic mass is 79.9. The Balaban J connectivity index is 2.03. The van der Waals surface area contributed by atoms with Crippen molar-refractivity contribution in [2.75, 3.05) is 17.9 Å². The van der Waals surface area contributed by atoms with Crippen LogP contribution in [-0.4, -0.2) is 44.8 Å².